The fraction of sp³-hybridized carbons (Fsp3) is 0.571. The lowest BCUT2D eigenvalue weighted by Crippen LogP contribution is -2.31. The normalized spacial score (nSPS) is 27.5. The lowest BCUT2D eigenvalue weighted by atomic mass is 9.99. The van der Waals surface area contributed by atoms with E-state index < -0.39 is 0 Å². The van der Waals surface area contributed by atoms with Gasteiger partial charge in [0.15, 0.2) is 0 Å². The molecule has 1 fully saturated rings. The summed E-state index contributed by atoms with van der Waals surface area (Å²) in [7, 11) is 0. The zero-order valence-corrected chi connectivity index (χ0v) is 10.0. The molecule has 1 aromatic carbocycles. The maximum Gasteiger partial charge on any atom is 0.124 e. The molecule has 0 radical (unpaired) electrons. The lowest BCUT2D eigenvalue weighted by molar-refractivity contribution is 0.183. The van der Waals surface area contributed by atoms with Gasteiger partial charge in [0, 0.05) is 31.2 Å². The minimum Gasteiger partial charge on any atom is -0.493 e. The van der Waals surface area contributed by atoms with Gasteiger partial charge in [0.05, 0.1) is 13.2 Å². The molecule has 3 nitrogen and oxygen atoms in total. The van der Waals surface area contributed by atoms with Gasteiger partial charge in [0.25, 0.3) is 0 Å². The highest BCUT2D eigenvalue weighted by atomic mass is 16.5. The van der Waals surface area contributed by atoms with E-state index in [-0.39, 0.29) is 0 Å². The van der Waals surface area contributed by atoms with Crippen LogP contribution in [0.3, 0.4) is 0 Å². The van der Waals surface area contributed by atoms with Crippen molar-refractivity contribution in [1.82, 2.24) is 5.32 Å². The monoisotopic (exact) mass is 233 g/mol. The van der Waals surface area contributed by atoms with Gasteiger partial charge < -0.3 is 14.8 Å². The molecule has 0 aromatic heterocycles. The van der Waals surface area contributed by atoms with Gasteiger partial charge in [0.1, 0.15) is 5.75 Å². The molecule has 1 N–H and O–H groups in total. The Morgan fingerprint density at radius 2 is 2.12 bits per heavy atom. The third-order valence-corrected chi connectivity index (χ3v) is 3.64. The largest absolute Gasteiger partial charge is 0.493 e. The van der Waals surface area contributed by atoms with Crippen molar-refractivity contribution in [3.63, 3.8) is 0 Å². The first-order chi connectivity index (χ1) is 8.43. The lowest BCUT2D eigenvalue weighted by Gasteiger charge is -2.27. The minimum absolute atomic E-state index is 0.445. The Balaban J connectivity index is 1.64. The Bertz CT molecular complexity index is 374. The van der Waals surface area contributed by atoms with Crippen LogP contribution < -0.4 is 10.1 Å². The minimum atomic E-state index is 0.445. The van der Waals surface area contributed by atoms with Crippen LogP contribution in [0.2, 0.25) is 0 Å². The third kappa shape index (κ3) is 2.45. The number of nitrogens with one attached hydrogen (secondary N) is 1. The van der Waals surface area contributed by atoms with Crippen LogP contribution in [-0.4, -0.2) is 26.4 Å². The number of benzene rings is 1. The Hall–Kier alpha value is -1.06. The van der Waals surface area contributed by atoms with E-state index in [0.717, 1.165) is 38.5 Å². The molecule has 0 aliphatic carbocycles. The van der Waals surface area contributed by atoms with Crippen molar-refractivity contribution >= 4 is 0 Å². The van der Waals surface area contributed by atoms with Crippen LogP contribution >= 0.6 is 0 Å². The summed E-state index contributed by atoms with van der Waals surface area (Å²) in [6.07, 6.45) is 2.25. The quantitative estimate of drug-likeness (QED) is 0.867. The molecular formula is C14H19NO2. The van der Waals surface area contributed by atoms with Crippen molar-refractivity contribution in [2.45, 2.75) is 18.9 Å². The van der Waals surface area contributed by atoms with Crippen molar-refractivity contribution in [2.75, 3.05) is 26.4 Å². The summed E-state index contributed by atoms with van der Waals surface area (Å²) in [5.74, 6) is 1.73. The van der Waals surface area contributed by atoms with E-state index in [4.69, 9.17) is 9.47 Å². The van der Waals surface area contributed by atoms with Crippen LogP contribution in [0, 0.1) is 5.92 Å². The summed E-state index contributed by atoms with van der Waals surface area (Å²) in [4.78, 5) is 0. The second-order valence-corrected chi connectivity index (χ2v) is 4.87. The van der Waals surface area contributed by atoms with E-state index in [9.17, 15) is 0 Å². The van der Waals surface area contributed by atoms with Gasteiger partial charge in [-0.05, 0) is 18.4 Å². The molecule has 0 spiro atoms. The molecule has 2 heterocycles. The van der Waals surface area contributed by atoms with Gasteiger partial charge in [0.2, 0.25) is 0 Å². The number of rotatable bonds is 3. The smallest absolute Gasteiger partial charge is 0.124 e. The summed E-state index contributed by atoms with van der Waals surface area (Å²) in [5.41, 5.74) is 1.30. The number of para-hydroxylation sites is 1. The Morgan fingerprint density at radius 1 is 1.18 bits per heavy atom. The SMILES string of the molecule is c1ccc2c(c1)OCC[C@H]2NC[C@H]1CCOC1. The van der Waals surface area contributed by atoms with Gasteiger partial charge in [-0.1, -0.05) is 18.2 Å². The van der Waals surface area contributed by atoms with Crippen LogP contribution in [-0.2, 0) is 4.74 Å². The van der Waals surface area contributed by atoms with Gasteiger partial charge in [-0.2, -0.15) is 0 Å². The number of ether oxygens (including phenoxy) is 2. The molecule has 1 aromatic rings. The van der Waals surface area contributed by atoms with Gasteiger partial charge in [-0.3, -0.25) is 0 Å². The average Bonchev–Trinajstić information content (AvgIpc) is 2.89. The Labute approximate surface area is 102 Å². The Kier molecular flexibility index (Phi) is 3.29. The summed E-state index contributed by atoms with van der Waals surface area (Å²) >= 11 is 0. The standard InChI is InChI=1S/C14H19NO2/c1-2-4-14-12(3-1)13(6-8-17-14)15-9-11-5-7-16-10-11/h1-4,11,13,15H,5-10H2/t11-,13-/m1/s1. The summed E-state index contributed by atoms with van der Waals surface area (Å²) in [5, 5.41) is 3.66. The zero-order valence-electron chi connectivity index (χ0n) is 10.0. The van der Waals surface area contributed by atoms with E-state index in [1.165, 1.54) is 12.0 Å². The van der Waals surface area contributed by atoms with E-state index in [2.05, 4.69) is 23.5 Å². The molecule has 92 valence electrons. The number of hydrogen-bond donors (Lipinski definition) is 1. The molecule has 17 heavy (non-hydrogen) atoms. The predicted molar refractivity (Wildman–Crippen MR) is 66.2 cm³/mol. The summed E-state index contributed by atoms with van der Waals surface area (Å²) in [6.45, 7) is 3.71. The van der Waals surface area contributed by atoms with Crippen molar-refractivity contribution < 1.29 is 9.47 Å². The van der Waals surface area contributed by atoms with Gasteiger partial charge in [-0.15, -0.1) is 0 Å². The maximum atomic E-state index is 5.66. The zero-order chi connectivity index (χ0) is 11.5. The number of hydrogen-bond acceptors (Lipinski definition) is 3. The van der Waals surface area contributed by atoms with Crippen LogP contribution in [0.4, 0.5) is 0 Å². The fourth-order valence-corrected chi connectivity index (χ4v) is 2.61. The summed E-state index contributed by atoms with van der Waals surface area (Å²) in [6, 6.07) is 8.78. The topological polar surface area (TPSA) is 30.5 Å². The van der Waals surface area contributed by atoms with E-state index >= 15 is 0 Å². The molecule has 0 bridgehead atoms. The molecule has 0 saturated carbocycles. The molecular weight excluding hydrogens is 214 g/mol. The van der Waals surface area contributed by atoms with Gasteiger partial charge >= 0.3 is 0 Å². The molecule has 1 saturated heterocycles. The van der Waals surface area contributed by atoms with Crippen LogP contribution in [0.5, 0.6) is 5.75 Å². The second kappa shape index (κ2) is 5.07. The first-order valence-corrected chi connectivity index (χ1v) is 6.46. The molecule has 2 atom stereocenters. The molecule has 2 aliphatic rings. The highest BCUT2D eigenvalue weighted by Crippen LogP contribution is 2.31. The molecule has 3 heteroatoms. The summed E-state index contributed by atoms with van der Waals surface area (Å²) < 4.78 is 11.1. The average molecular weight is 233 g/mol. The molecule has 2 aliphatic heterocycles. The highest BCUT2D eigenvalue weighted by molar-refractivity contribution is 5.37. The predicted octanol–water partition coefficient (Wildman–Crippen LogP) is 2.14. The maximum absolute atomic E-state index is 5.66. The van der Waals surface area contributed by atoms with Crippen molar-refractivity contribution in [3.05, 3.63) is 29.8 Å². The molecule has 3 rings (SSSR count). The fourth-order valence-electron chi connectivity index (χ4n) is 2.61. The molecule has 0 amide bonds. The highest BCUT2D eigenvalue weighted by Gasteiger charge is 2.22. The third-order valence-electron chi connectivity index (χ3n) is 3.64. The van der Waals surface area contributed by atoms with E-state index in [1.54, 1.807) is 0 Å². The molecule has 0 unspecified atom stereocenters. The van der Waals surface area contributed by atoms with Crippen LogP contribution in [0.25, 0.3) is 0 Å². The first kappa shape index (κ1) is 11.1. The van der Waals surface area contributed by atoms with Crippen molar-refractivity contribution in [3.8, 4) is 5.75 Å². The van der Waals surface area contributed by atoms with Gasteiger partial charge in [-0.25, -0.2) is 0 Å². The van der Waals surface area contributed by atoms with E-state index in [0.29, 0.717) is 12.0 Å². The second-order valence-electron chi connectivity index (χ2n) is 4.87. The Morgan fingerprint density at radius 3 is 3.00 bits per heavy atom. The number of fused-ring (bicyclic) bond motifs is 1. The van der Waals surface area contributed by atoms with Crippen LogP contribution in [0.1, 0.15) is 24.4 Å². The first-order valence-electron chi connectivity index (χ1n) is 6.46. The van der Waals surface area contributed by atoms with Crippen LogP contribution in [0.15, 0.2) is 24.3 Å². The van der Waals surface area contributed by atoms with E-state index in [1.807, 2.05) is 6.07 Å². The van der Waals surface area contributed by atoms with Crippen molar-refractivity contribution in [1.29, 1.82) is 0 Å². The van der Waals surface area contributed by atoms with Crippen molar-refractivity contribution in [2.24, 2.45) is 5.92 Å².